The summed E-state index contributed by atoms with van der Waals surface area (Å²) in [4.78, 5) is 47.6. The Morgan fingerprint density at radius 3 is 2.80 bits per heavy atom. The number of nitrogens with zero attached hydrogens (tertiary/aromatic N) is 4. The smallest absolute Gasteiger partial charge is 0.328 e. The molecule has 1 saturated heterocycles. The van der Waals surface area contributed by atoms with Gasteiger partial charge in [0.15, 0.2) is 0 Å². The number of carboxylic acid groups (broad SMARTS) is 1. The largest absolute Gasteiger partial charge is 0.478 e. The van der Waals surface area contributed by atoms with Crippen LogP contribution in [0.2, 0.25) is 0 Å². The van der Waals surface area contributed by atoms with E-state index in [9.17, 15) is 14.4 Å². The topological polar surface area (TPSA) is 131 Å². The Morgan fingerprint density at radius 2 is 2.11 bits per heavy atom. The first-order valence-electron chi connectivity index (χ1n) is 11.7. The molecule has 1 amide bonds. The number of aromatic nitrogens is 3. The van der Waals surface area contributed by atoms with Gasteiger partial charge in [-0.2, -0.15) is 0 Å². The van der Waals surface area contributed by atoms with E-state index in [0.717, 1.165) is 41.6 Å². The molecule has 9 nitrogen and oxygen atoms in total. The first-order valence-corrected chi connectivity index (χ1v) is 12.6. The van der Waals surface area contributed by atoms with Gasteiger partial charge in [0, 0.05) is 37.2 Å². The molecule has 4 rings (SSSR count). The summed E-state index contributed by atoms with van der Waals surface area (Å²) in [7, 11) is 0. The number of hydrogen-bond donors (Lipinski definition) is 2. The number of carboxylic acids is 1. The molecule has 1 aliphatic rings. The minimum absolute atomic E-state index is 0.173. The zero-order chi connectivity index (χ0) is 25.1. The van der Waals surface area contributed by atoms with Crippen molar-refractivity contribution in [1.29, 1.82) is 0 Å². The van der Waals surface area contributed by atoms with Gasteiger partial charge >= 0.3 is 5.97 Å². The van der Waals surface area contributed by atoms with Crippen molar-refractivity contribution in [2.45, 2.75) is 45.4 Å². The lowest BCUT2D eigenvalue weighted by molar-refractivity contribution is -0.131. The molecule has 3 aromatic heterocycles. The number of fused-ring (bicyclic) bond motifs is 1. The number of amides is 1. The number of aryl methyl sites for hydroxylation is 2. The quantitative estimate of drug-likeness (QED) is 0.460. The predicted octanol–water partition coefficient (Wildman–Crippen LogP) is 2.86. The van der Waals surface area contributed by atoms with Gasteiger partial charge in [0.05, 0.1) is 22.2 Å². The molecular formula is C25H29N5O4S. The summed E-state index contributed by atoms with van der Waals surface area (Å²) < 4.78 is 1.42. The third kappa shape index (κ3) is 5.59. The van der Waals surface area contributed by atoms with Crippen molar-refractivity contribution in [3.8, 4) is 0 Å². The number of carbonyl (C=O) groups excluding carboxylic acids is 1. The lowest BCUT2D eigenvalue weighted by atomic mass is 9.97. The van der Waals surface area contributed by atoms with Crippen molar-refractivity contribution in [3.63, 3.8) is 0 Å². The van der Waals surface area contributed by atoms with Crippen molar-refractivity contribution in [2.24, 2.45) is 11.7 Å². The minimum Gasteiger partial charge on any atom is -0.478 e. The summed E-state index contributed by atoms with van der Waals surface area (Å²) in [6, 6.07) is 3.75. The van der Waals surface area contributed by atoms with Gasteiger partial charge < -0.3 is 15.7 Å². The zero-order valence-electron chi connectivity index (χ0n) is 19.8. The summed E-state index contributed by atoms with van der Waals surface area (Å²) >= 11 is 1.65. The zero-order valence-corrected chi connectivity index (χ0v) is 20.6. The number of carbonyl (C=O) groups is 2. The number of nitrogens with two attached hydrogens (primary N) is 1. The van der Waals surface area contributed by atoms with Crippen LogP contribution in [0.25, 0.3) is 11.7 Å². The summed E-state index contributed by atoms with van der Waals surface area (Å²) in [6.07, 6.45) is 6.82. The second-order valence-corrected chi connectivity index (χ2v) is 10.0. The SMILES string of the molecule is CC(C)c1csc(CCc2ccn3c(=O)c(/C=C/C(=O)O)c(N4CCCC(C(N)=O)C4)nc3c2)n1. The van der Waals surface area contributed by atoms with Crippen molar-refractivity contribution in [2.75, 3.05) is 18.0 Å². The Morgan fingerprint density at radius 1 is 1.31 bits per heavy atom. The molecule has 0 spiro atoms. The van der Waals surface area contributed by atoms with Gasteiger partial charge in [0.2, 0.25) is 5.91 Å². The Kier molecular flexibility index (Phi) is 7.30. The second-order valence-electron chi connectivity index (χ2n) is 9.10. The molecule has 0 radical (unpaired) electrons. The molecule has 1 fully saturated rings. The van der Waals surface area contributed by atoms with Crippen LogP contribution in [-0.4, -0.2) is 44.4 Å². The molecule has 35 heavy (non-hydrogen) atoms. The lowest BCUT2D eigenvalue weighted by Crippen LogP contribution is -2.42. The normalized spacial score (nSPS) is 16.4. The Balaban J connectivity index is 1.69. The van der Waals surface area contributed by atoms with E-state index in [1.54, 1.807) is 17.5 Å². The fourth-order valence-corrected chi connectivity index (χ4v) is 5.20. The Bertz CT molecular complexity index is 1340. The van der Waals surface area contributed by atoms with Gasteiger partial charge in [-0.05, 0) is 49.0 Å². The van der Waals surface area contributed by atoms with Crippen LogP contribution in [0, 0.1) is 5.92 Å². The van der Waals surface area contributed by atoms with Gasteiger partial charge in [-0.15, -0.1) is 11.3 Å². The third-order valence-electron chi connectivity index (χ3n) is 6.21. The fourth-order valence-electron chi connectivity index (χ4n) is 4.24. The van der Waals surface area contributed by atoms with E-state index in [-0.39, 0.29) is 22.9 Å². The van der Waals surface area contributed by atoms with Crippen LogP contribution in [0.1, 0.15) is 54.4 Å². The average Bonchev–Trinajstić information content (AvgIpc) is 3.31. The fraction of sp³-hybridized carbons (Fsp3) is 0.400. The molecule has 0 aromatic carbocycles. The van der Waals surface area contributed by atoms with Crippen LogP contribution in [0.4, 0.5) is 5.82 Å². The molecule has 0 aliphatic carbocycles. The van der Waals surface area contributed by atoms with Gasteiger partial charge in [0.1, 0.15) is 11.5 Å². The lowest BCUT2D eigenvalue weighted by Gasteiger charge is -2.33. The van der Waals surface area contributed by atoms with E-state index in [1.807, 2.05) is 17.0 Å². The standard InChI is InChI=1S/C25H29N5O4S/c1-15(2)19-14-35-21(27-19)7-5-16-9-11-30-20(12-16)28-24(18(25(30)34)6-8-22(31)32)29-10-3-4-17(13-29)23(26)33/h6,8-9,11-12,14-15,17H,3-5,7,10,13H2,1-2H3,(H2,26,33)(H,31,32)/b8-6+. The minimum atomic E-state index is -1.16. The molecule has 4 heterocycles. The number of hydrogen-bond acceptors (Lipinski definition) is 7. The number of piperidine rings is 1. The molecule has 1 unspecified atom stereocenters. The van der Waals surface area contributed by atoms with Gasteiger partial charge in [0.25, 0.3) is 5.56 Å². The highest BCUT2D eigenvalue weighted by Crippen LogP contribution is 2.25. The molecule has 1 aliphatic heterocycles. The molecule has 3 aromatic rings. The van der Waals surface area contributed by atoms with Crippen molar-refractivity contribution >= 4 is 40.8 Å². The maximum atomic E-state index is 13.3. The van der Waals surface area contributed by atoms with E-state index < -0.39 is 5.97 Å². The monoisotopic (exact) mass is 495 g/mol. The maximum absolute atomic E-state index is 13.3. The van der Waals surface area contributed by atoms with Gasteiger partial charge in [-0.1, -0.05) is 13.8 Å². The summed E-state index contributed by atoms with van der Waals surface area (Å²) in [5.74, 6) is -1.13. The van der Waals surface area contributed by atoms with E-state index in [1.165, 1.54) is 10.5 Å². The van der Waals surface area contributed by atoms with Crippen LogP contribution < -0.4 is 16.2 Å². The number of thiazole rings is 1. The van der Waals surface area contributed by atoms with Gasteiger partial charge in [-0.3, -0.25) is 14.0 Å². The van der Waals surface area contributed by atoms with Crippen LogP contribution in [0.5, 0.6) is 0 Å². The summed E-state index contributed by atoms with van der Waals surface area (Å²) in [6.45, 7) is 5.18. The highest BCUT2D eigenvalue weighted by atomic mass is 32.1. The van der Waals surface area contributed by atoms with E-state index in [4.69, 9.17) is 20.8 Å². The van der Waals surface area contributed by atoms with E-state index in [2.05, 4.69) is 19.2 Å². The van der Waals surface area contributed by atoms with Gasteiger partial charge in [-0.25, -0.2) is 14.8 Å². The first-order chi connectivity index (χ1) is 16.7. The summed E-state index contributed by atoms with van der Waals surface area (Å²) in [5, 5.41) is 12.3. The predicted molar refractivity (Wildman–Crippen MR) is 136 cm³/mol. The third-order valence-corrected chi connectivity index (χ3v) is 7.14. The molecule has 184 valence electrons. The molecular weight excluding hydrogens is 466 g/mol. The Labute approximate surface area is 206 Å². The highest BCUT2D eigenvalue weighted by molar-refractivity contribution is 7.09. The number of pyridine rings is 1. The van der Waals surface area contributed by atoms with Crippen LogP contribution in [0.15, 0.2) is 34.6 Å². The molecule has 10 heteroatoms. The molecule has 0 bridgehead atoms. The number of aliphatic carboxylic acids is 1. The second kappa shape index (κ2) is 10.4. The van der Waals surface area contributed by atoms with E-state index >= 15 is 0 Å². The molecule has 3 N–H and O–H groups in total. The number of rotatable bonds is 8. The number of anilines is 1. The summed E-state index contributed by atoms with van der Waals surface area (Å²) in [5.41, 5.74) is 7.93. The number of primary amides is 1. The Hall–Kier alpha value is -3.53. The van der Waals surface area contributed by atoms with Crippen LogP contribution in [-0.2, 0) is 22.4 Å². The maximum Gasteiger partial charge on any atom is 0.328 e. The van der Waals surface area contributed by atoms with Crippen molar-refractivity contribution in [1.82, 2.24) is 14.4 Å². The van der Waals surface area contributed by atoms with Crippen LogP contribution >= 0.6 is 11.3 Å². The molecule has 0 saturated carbocycles. The highest BCUT2D eigenvalue weighted by Gasteiger charge is 2.27. The average molecular weight is 496 g/mol. The van der Waals surface area contributed by atoms with E-state index in [0.29, 0.717) is 36.9 Å². The van der Waals surface area contributed by atoms with Crippen molar-refractivity contribution in [3.05, 3.63) is 62.0 Å². The van der Waals surface area contributed by atoms with Crippen molar-refractivity contribution < 1.29 is 14.7 Å². The molecule has 1 atom stereocenters. The first kappa shape index (κ1) is 24.6. The van der Waals surface area contributed by atoms with Crippen LogP contribution in [0.3, 0.4) is 0 Å².